The van der Waals surface area contributed by atoms with E-state index in [2.05, 4.69) is 60.8 Å². The first-order chi connectivity index (χ1) is 16.3. The van der Waals surface area contributed by atoms with Crippen LogP contribution in [0.5, 0.6) is 0 Å². The Labute approximate surface area is 182 Å². The average Bonchev–Trinajstić information content (AvgIpc) is 3.57. The van der Waals surface area contributed by atoms with E-state index in [-0.39, 0.29) is 0 Å². The Morgan fingerprint density at radius 3 is 2.09 bits per heavy atom. The van der Waals surface area contributed by atoms with Crippen molar-refractivity contribution in [2.24, 2.45) is 0 Å². The second-order valence-corrected chi connectivity index (χ2v) is 8.08. The second kappa shape index (κ2) is 5.56. The molecule has 4 aromatic heterocycles. The number of benzene rings is 4. The molecule has 0 unspecified atom stereocenters. The molecule has 0 aliphatic carbocycles. The zero-order valence-electron chi connectivity index (χ0n) is 17.8. The Bertz CT molecular complexity index is 2050. The summed E-state index contributed by atoms with van der Waals surface area (Å²) >= 11 is 0. The number of aromatic nitrogens is 6. The number of rotatable bonds is 1. The molecule has 8 rings (SSSR count). The predicted octanol–water partition coefficient (Wildman–Crippen LogP) is 5.71. The lowest BCUT2D eigenvalue weighted by Crippen LogP contribution is -1.95. The minimum Gasteiger partial charge on any atom is -0.323 e. The van der Waals surface area contributed by atoms with Gasteiger partial charge in [0, 0.05) is 0 Å². The van der Waals surface area contributed by atoms with Crippen LogP contribution in [0.25, 0.3) is 61.4 Å². The predicted molar refractivity (Wildman–Crippen MR) is 128 cm³/mol. The van der Waals surface area contributed by atoms with Gasteiger partial charge in [-0.1, -0.05) is 36.4 Å². The lowest BCUT2D eigenvalue weighted by atomic mass is 10.2. The van der Waals surface area contributed by atoms with Gasteiger partial charge in [0.05, 0.1) is 49.8 Å². The van der Waals surface area contributed by atoms with Crippen LogP contribution in [0.3, 0.4) is 0 Å². The van der Waals surface area contributed by atoms with Gasteiger partial charge in [0.25, 0.3) is 0 Å². The largest absolute Gasteiger partial charge is 0.323 e. The molecule has 0 amide bonds. The Kier molecular flexibility index (Phi) is 2.65. The minimum absolute atomic E-state index is 0.609. The van der Waals surface area contributed by atoms with E-state index in [4.69, 9.17) is 6.40 Å². The van der Waals surface area contributed by atoms with Crippen molar-refractivity contribution in [3.63, 3.8) is 0 Å². The van der Waals surface area contributed by atoms with E-state index < -0.39 is 0 Å². The lowest BCUT2D eigenvalue weighted by molar-refractivity contribution is 1.11. The normalized spacial score (nSPS) is 12.8. The molecule has 6 heteroatoms. The smallest absolute Gasteiger partial charge is 0.220 e. The SMILES string of the molecule is [2H]n1c2ccc(-n3c4ccccc4n4c5ccccc5nc34)cc2n2c3ccccc3nc12. The van der Waals surface area contributed by atoms with Gasteiger partial charge in [-0.25, -0.2) is 9.97 Å². The molecule has 4 heterocycles. The van der Waals surface area contributed by atoms with E-state index in [0.717, 1.165) is 55.6 Å². The third-order valence-corrected chi connectivity index (χ3v) is 6.33. The second-order valence-electron chi connectivity index (χ2n) is 8.08. The number of hydrogen-bond acceptors (Lipinski definition) is 2. The highest BCUT2D eigenvalue weighted by Crippen LogP contribution is 2.31. The fourth-order valence-corrected chi connectivity index (χ4v) is 4.96. The summed E-state index contributed by atoms with van der Waals surface area (Å²) in [5, 5.41) is 0. The summed E-state index contributed by atoms with van der Waals surface area (Å²) in [6.07, 6.45) is 0. The summed E-state index contributed by atoms with van der Waals surface area (Å²) in [5.74, 6) is 1.48. The molecule has 0 fully saturated rings. The fourth-order valence-electron chi connectivity index (χ4n) is 4.96. The summed E-state index contributed by atoms with van der Waals surface area (Å²) in [7, 11) is 0. The topological polar surface area (TPSA) is 55.3 Å². The molecule has 0 aliphatic rings. The van der Waals surface area contributed by atoms with Crippen LogP contribution in [-0.2, 0) is 0 Å². The summed E-state index contributed by atoms with van der Waals surface area (Å²) < 4.78 is 15.1. The first-order valence-corrected chi connectivity index (χ1v) is 10.6. The van der Waals surface area contributed by atoms with Crippen molar-refractivity contribution >= 4 is 55.7 Å². The van der Waals surface area contributed by atoms with E-state index in [1.165, 1.54) is 4.98 Å². The molecule has 150 valence electrons. The van der Waals surface area contributed by atoms with Gasteiger partial charge in [-0.15, -0.1) is 0 Å². The number of nitrogens with zero attached hydrogens (tertiary/aromatic N) is 5. The molecule has 0 spiro atoms. The molecule has 0 aliphatic heterocycles. The van der Waals surface area contributed by atoms with Gasteiger partial charge in [-0.3, -0.25) is 13.4 Å². The van der Waals surface area contributed by atoms with Crippen LogP contribution in [0.15, 0.2) is 91.0 Å². The fraction of sp³-hybridized carbons (Fsp3) is 0. The molecule has 0 atom stereocenters. The number of nitrogens with one attached hydrogen (secondary N) is 1. The maximum Gasteiger partial charge on any atom is 0.220 e. The van der Waals surface area contributed by atoms with Crippen LogP contribution in [0, 0.1) is 0 Å². The van der Waals surface area contributed by atoms with Crippen molar-refractivity contribution in [2.75, 3.05) is 0 Å². The molecule has 0 radical (unpaired) electrons. The highest BCUT2D eigenvalue weighted by atomic mass is 15.2. The van der Waals surface area contributed by atoms with Gasteiger partial charge in [0.1, 0.15) is 0 Å². The third-order valence-electron chi connectivity index (χ3n) is 6.33. The van der Waals surface area contributed by atoms with Crippen molar-refractivity contribution in [1.29, 1.82) is 0 Å². The molecule has 6 nitrogen and oxygen atoms in total. The van der Waals surface area contributed by atoms with Crippen molar-refractivity contribution in [3.8, 4) is 5.69 Å². The van der Waals surface area contributed by atoms with Gasteiger partial charge in [0.15, 0.2) is 1.41 Å². The summed E-state index contributed by atoms with van der Waals surface area (Å²) in [4.78, 5) is 11.1. The molecule has 0 bridgehead atoms. The van der Waals surface area contributed by atoms with E-state index in [1.807, 2.05) is 48.5 Å². The van der Waals surface area contributed by atoms with Crippen LogP contribution in [0.1, 0.15) is 0 Å². The summed E-state index contributed by atoms with van der Waals surface area (Å²) in [6.45, 7) is 0. The molecule has 1 N–H and O–H groups in total. The number of hydrogen-bond donors (Lipinski definition) is 1. The molecule has 0 saturated heterocycles. The number of fused-ring (bicyclic) bond motifs is 10. The van der Waals surface area contributed by atoms with E-state index in [1.54, 1.807) is 0 Å². The number of H-pyrrole nitrogens is 1. The van der Waals surface area contributed by atoms with Crippen LogP contribution in [0.4, 0.5) is 0 Å². The lowest BCUT2D eigenvalue weighted by Gasteiger charge is -2.06. The Balaban J connectivity index is 1.54. The molecular weight excluding hydrogens is 396 g/mol. The number of imidazole rings is 4. The monoisotopic (exact) mass is 413 g/mol. The van der Waals surface area contributed by atoms with Crippen molar-refractivity contribution in [2.45, 2.75) is 0 Å². The van der Waals surface area contributed by atoms with Gasteiger partial charge < -0.3 is 4.98 Å². The van der Waals surface area contributed by atoms with Crippen molar-refractivity contribution in [1.82, 2.24) is 28.3 Å². The van der Waals surface area contributed by atoms with Crippen LogP contribution in [-0.4, -0.2) is 28.3 Å². The first-order valence-electron chi connectivity index (χ1n) is 11.0. The van der Waals surface area contributed by atoms with Crippen LogP contribution >= 0.6 is 0 Å². The Morgan fingerprint density at radius 1 is 0.625 bits per heavy atom. The molecule has 32 heavy (non-hydrogen) atoms. The van der Waals surface area contributed by atoms with Crippen LogP contribution in [0.2, 0.25) is 1.41 Å². The summed E-state index contributed by atoms with van der Waals surface area (Å²) in [6, 6.07) is 30.8. The van der Waals surface area contributed by atoms with Gasteiger partial charge in [-0.05, 0) is 54.6 Å². The molecule has 8 aromatic rings. The van der Waals surface area contributed by atoms with E-state index >= 15 is 0 Å². The molecular formula is C26H16N6. The summed E-state index contributed by atoms with van der Waals surface area (Å²) in [5.41, 5.74) is 8.88. The van der Waals surface area contributed by atoms with Gasteiger partial charge in [0.2, 0.25) is 11.6 Å². The Hall–Kier alpha value is -4.58. The quantitative estimate of drug-likeness (QED) is 0.375. The van der Waals surface area contributed by atoms with E-state index in [0.29, 0.717) is 5.78 Å². The highest BCUT2D eigenvalue weighted by Gasteiger charge is 2.18. The maximum absolute atomic E-state index is 8.64. The standard InChI is InChI=1S/C26H16N6/c1-3-9-20-17(7-1)27-25-28-19-14-13-16(15-24(19)31(20)25)30-22-11-5-6-12-23(22)32-21-10-4-2-8-18(21)29-26(30)32/h1-15H,(H,27,28)/i/hD. The Morgan fingerprint density at radius 2 is 1.28 bits per heavy atom. The molecule has 0 saturated carbocycles. The zero-order valence-corrected chi connectivity index (χ0v) is 16.8. The van der Waals surface area contributed by atoms with E-state index in [9.17, 15) is 0 Å². The van der Waals surface area contributed by atoms with Gasteiger partial charge in [-0.2, -0.15) is 0 Å². The maximum atomic E-state index is 8.64. The number of aromatic amines is 1. The highest BCUT2D eigenvalue weighted by molar-refractivity contribution is 5.94. The zero-order chi connectivity index (χ0) is 21.7. The minimum atomic E-state index is 0.609. The van der Waals surface area contributed by atoms with Crippen LogP contribution < -0.4 is 0 Å². The van der Waals surface area contributed by atoms with Crippen molar-refractivity contribution < 1.29 is 1.41 Å². The molecule has 4 aromatic carbocycles. The third kappa shape index (κ3) is 1.90. The average molecular weight is 413 g/mol. The first kappa shape index (κ1) is 15.3. The van der Waals surface area contributed by atoms with Gasteiger partial charge >= 0.3 is 0 Å². The number of para-hydroxylation sites is 6. The van der Waals surface area contributed by atoms with Crippen molar-refractivity contribution in [3.05, 3.63) is 91.0 Å².